The maximum Gasteiger partial charge on any atom is 0.228 e. The average molecular weight is 446 g/mol. The van der Waals surface area contributed by atoms with Crippen LogP contribution in [0.4, 0.5) is 5.95 Å². The van der Waals surface area contributed by atoms with E-state index in [1.165, 1.54) is 0 Å². The number of aromatic nitrogens is 5. The van der Waals surface area contributed by atoms with E-state index in [0.29, 0.717) is 17.5 Å². The van der Waals surface area contributed by atoms with Crippen molar-refractivity contribution in [3.8, 4) is 17.0 Å². The Hall–Kier alpha value is -3.75. The number of nitrogens with one attached hydrogen (secondary N) is 2. The number of aromatic amines is 1. The highest BCUT2D eigenvalue weighted by molar-refractivity contribution is 5.99. The van der Waals surface area contributed by atoms with Gasteiger partial charge in [-0.1, -0.05) is 6.07 Å². The Morgan fingerprint density at radius 1 is 1.15 bits per heavy atom. The van der Waals surface area contributed by atoms with Gasteiger partial charge < -0.3 is 19.9 Å². The molecule has 3 aromatic heterocycles. The number of fused-ring (bicyclic) bond motifs is 2. The zero-order valence-electron chi connectivity index (χ0n) is 19.0. The van der Waals surface area contributed by atoms with Crippen molar-refractivity contribution >= 4 is 33.8 Å². The smallest absolute Gasteiger partial charge is 0.228 e. The number of carbonyl (C=O) groups is 1. The molecule has 0 radical (unpaired) electrons. The summed E-state index contributed by atoms with van der Waals surface area (Å²) in [6, 6.07) is 8.22. The molecular formula is C24H27N7O2. The summed E-state index contributed by atoms with van der Waals surface area (Å²) in [6.45, 7) is 0. The molecule has 1 fully saturated rings. The van der Waals surface area contributed by atoms with Crippen LogP contribution in [0.5, 0.6) is 5.88 Å². The van der Waals surface area contributed by atoms with Gasteiger partial charge in [-0.3, -0.25) is 4.79 Å². The highest BCUT2D eigenvalue weighted by Gasteiger charge is 2.28. The van der Waals surface area contributed by atoms with Crippen molar-refractivity contribution in [2.75, 3.05) is 26.5 Å². The van der Waals surface area contributed by atoms with E-state index >= 15 is 0 Å². The number of amides is 1. The predicted octanol–water partition coefficient (Wildman–Crippen LogP) is 3.64. The van der Waals surface area contributed by atoms with Crippen molar-refractivity contribution in [2.24, 2.45) is 5.92 Å². The van der Waals surface area contributed by atoms with E-state index in [0.717, 1.165) is 53.1 Å². The molecule has 1 aromatic carbocycles. The third-order valence-corrected chi connectivity index (χ3v) is 6.37. The zero-order chi connectivity index (χ0) is 22.9. The van der Waals surface area contributed by atoms with E-state index in [9.17, 15) is 4.79 Å². The van der Waals surface area contributed by atoms with Gasteiger partial charge in [-0.15, -0.1) is 0 Å². The fraction of sp³-hybridized carbons (Fsp3) is 0.375. The molecule has 0 saturated heterocycles. The number of hydrogen-bond acceptors (Lipinski definition) is 7. The number of H-pyrrole nitrogens is 1. The van der Waals surface area contributed by atoms with Crippen LogP contribution in [-0.2, 0) is 4.79 Å². The zero-order valence-corrected chi connectivity index (χ0v) is 19.0. The standard InChI is InChI=1S/C24H27N7O2/c1-31(2)23(32)14-4-7-17(8-5-14)27-24-28-21-20(22(29-24)33-3)18(13-25-21)15-6-9-19-16(12-15)10-11-26-30-19/h6,9-14,17H,4-5,7-8H2,1-3H3,(H2,25,27,28,29). The number of rotatable bonds is 5. The lowest BCUT2D eigenvalue weighted by molar-refractivity contribution is -0.133. The van der Waals surface area contributed by atoms with Crippen LogP contribution in [0.3, 0.4) is 0 Å². The summed E-state index contributed by atoms with van der Waals surface area (Å²) in [5.74, 6) is 1.37. The van der Waals surface area contributed by atoms with Crippen LogP contribution >= 0.6 is 0 Å². The number of benzene rings is 1. The van der Waals surface area contributed by atoms with Crippen molar-refractivity contribution in [2.45, 2.75) is 31.7 Å². The lowest BCUT2D eigenvalue weighted by Crippen LogP contribution is -2.35. The third-order valence-electron chi connectivity index (χ3n) is 6.37. The van der Waals surface area contributed by atoms with E-state index in [-0.39, 0.29) is 17.9 Å². The molecule has 4 aromatic rings. The number of anilines is 1. The monoisotopic (exact) mass is 445 g/mol. The quantitative estimate of drug-likeness (QED) is 0.483. The summed E-state index contributed by atoms with van der Waals surface area (Å²) in [6.07, 6.45) is 7.17. The van der Waals surface area contributed by atoms with Crippen molar-refractivity contribution < 1.29 is 9.53 Å². The van der Waals surface area contributed by atoms with Gasteiger partial charge in [-0.25, -0.2) is 0 Å². The average Bonchev–Trinajstić information content (AvgIpc) is 3.27. The molecule has 0 unspecified atom stereocenters. The molecule has 0 bridgehead atoms. The maximum absolute atomic E-state index is 12.2. The third kappa shape index (κ3) is 4.06. The summed E-state index contributed by atoms with van der Waals surface area (Å²) >= 11 is 0. The van der Waals surface area contributed by atoms with Gasteiger partial charge in [0.2, 0.25) is 17.7 Å². The Morgan fingerprint density at radius 2 is 1.97 bits per heavy atom. The van der Waals surface area contributed by atoms with Gasteiger partial charge in [0.25, 0.3) is 0 Å². The van der Waals surface area contributed by atoms with Gasteiger partial charge in [-0.2, -0.15) is 20.2 Å². The molecule has 9 heteroatoms. The van der Waals surface area contributed by atoms with Crippen molar-refractivity contribution in [3.63, 3.8) is 0 Å². The van der Waals surface area contributed by atoms with Crippen LogP contribution in [0.15, 0.2) is 36.7 Å². The van der Waals surface area contributed by atoms with Crippen LogP contribution < -0.4 is 10.1 Å². The van der Waals surface area contributed by atoms with E-state index in [4.69, 9.17) is 9.72 Å². The molecule has 0 atom stereocenters. The summed E-state index contributed by atoms with van der Waals surface area (Å²) in [7, 11) is 5.26. The molecule has 0 spiro atoms. The first-order chi connectivity index (χ1) is 16.0. The van der Waals surface area contributed by atoms with Crippen molar-refractivity contribution in [1.29, 1.82) is 0 Å². The van der Waals surface area contributed by atoms with Crippen LogP contribution in [0, 0.1) is 5.92 Å². The van der Waals surface area contributed by atoms with Gasteiger partial charge in [0.15, 0.2) is 0 Å². The number of carbonyl (C=O) groups excluding carboxylic acids is 1. The van der Waals surface area contributed by atoms with Crippen LogP contribution in [0.25, 0.3) is 33.1 Å². The summed E-state index contributed by atoms with van der Waals surface area (Å²) in [5, 5.41) is 13.4. The second-order valence-corrected chi connectivity index (χ2v) is 8.71. The first kappa shape index (κ1) is 21.1. The van der Waals surface area contributed by atoms with Crippen LogP contribution in [-0.4, -0.2) is 63.2 Å². The number of hydrogen-bond donors (Lipinski definition) is 2. The second-order valence-electron chi connectivity index (χ2n) is 8.71. The summed E-state index contributed by atoms with van der Waals surface area (Å²) in [4.78, 5) is 26.6. The first-order valence-electron chi connectivity index (χ1n) is 11.2. The van der Waals surface area contributed by atoms with Crippen LogP contribution in [0.1, 0.15) is 25.7 Å². The first-order valence-corrected chi connectivity index (χ1v) is 11.2. The Labute approximate surface area is 191 Å². The van der Waals surface area contributed by atoms with Gasteiger partial charge in [0.1, 0.15) is 5.65 Å². The highest BCUT2D eigenvalue weighted by Crippen LogP contribution is 2.36. The lowest BCUT2D eigenvalue weighted by atomic mass is 9.85. The Kier molecular flexibility index (Phi) is 5.53. The Morgan fingerprint density at radius 3 is 2.73 bits per heavy atom. The molecule has 5 rings (SSSR count). The summed E-state index contributed by atoms with van der Waals surface area (Å²) < 4.78 is 5.66. The van der Waals surface area contributed by atoms with Gasteiger partial charge in [0, 0.05) is 43.2 Å². The predicted molar refractivity (Wildman–Crippen MR) is 127 cm³/mol. The lowest BCUT2D eigenvalue weighted by Gasteiger charge is -2.29. The van der Waals surface area contributed by atoms with Crippen molar-refractivity contribution in [1.82, 2.24) is 30.0 Å². The molecule has 170 valence electrons. The molecule has 9 nitrogen and oxygen atoms in total. The minimum atomic E-state index is 0.106. The molecule has 33 heavy (non-hydrogen) atoms. The highest BCUT2D eigenvalue weighted by atomic mass is 16.5. The maximum atomic E-state index is 12.2. The molecule has 1 aliphatic rings. The molecule has 3 heterocycles. The molecule has 1 saturated carbocycles. The number of ether oxygens (including phenoxy) is 1. The molecule has 0 aliphatic heterocycles. The summed E-state index contributed by atoms with van der Waals surface area (Å²) in [5.41, 5.74) is 3.55. The SMILES string of the molecule is COc1nc(NC2CCC(C(=O)N(C)C)CC2)nc2[nH]cc(-c3ccc4nnccc4c3)c12. The van der Waals surface area contributed by atoms with Gasteiger partial charge in [0.05, 0.1) is 24.2 Å². The molecular weight excluding hydrogens is 418 g/mol. The number of methoxy groups -OCH3 is 1. The normalized spacial score (nSPS) is 18.4. The van der Waals surface area contributed by atoms with Crippen LogP contribution in [0.2, 0.25) is 0 Å². The second kappa shape index (κ2) is 8.65. The van der Waals surface area contributed by atoms with Gasteiger partial charge in [-0.05, 0) is 49.4 Å². The van der Waals surface area contributed by atoms with Crippen molar-refractivity contribution in [3.05, 3.63) is 36.7 Å². The topological polar surface area (TPSA) is 109 Å². The van der Waals surface area contributed by atoms with E-state index < -0.39 is 0 Å². The number of nitrogens with zero attached hydrogens (tertiary/aromatic N) is 5. The Bertz CT molecular complexity index is 1310. The largest absolute Gasteiger partial charge is 0.480 e. The molecule has 2 N–H and O–H groups in total. The minimum absolute atomic E-state index is 0.106. The fourth-order valence-corrected chi connectivity index (χ4v) is 4.63. The van der Waals surface area contributed by atoms with E-state index in [1.807, 2.05) is 38.5 Å². The van der Waals surface area contributed by atoms with E-state index in [1.54, 1.807) is 18.2 Å². The minimum Gasteiger partial charge on any atom is -0.480 e. The fourth-order valence-electron chi connectivity index (χ4n) is 4.63. The van der Waals surface area contributed by atoms with E-state index in [2.05, 4.69) is 31.5 Å². The van der Waals surface area contributed by atoms with Gasteiger partial charge >= 0.3 is 0 Å². The Balaban J connectivity index is 1.40. The molecule has 1 aliphatic carbocycles. The molecule has 1 amide bonds.